The summed E-state index contributed by atoms with van der Waals surface area (Å²) in [5.74, 6) is 0. The molecule has 2 aromatic carbocycles. The van der Waals surface area contributed by atoms with Crippen LogP contribution in [0.3, 0.4) is 0 Å². The lowest BCUT2D eigenvalue weighted by Crippen LogP contribution is -1.96. The molecule has 0 fully saturated rings. The third-order valence-corrected chi connectivity index (χ3v) is 4.67. The van der Waals surface area contributed by atoms with Crippen LogP contribution in [-0.4, -0.2) is 8.97 Å². The Kier molecular flexibility index (Phi) is 3.62. The number of hydrogen-bond donors (Lipinski definition) is 0. The minimum absolute atomic E-state index is 0.774. The van der Waals surface area contributed by atoms with Gasteiger partial charge in [0.05, 0.1) is 11.0 Å². The summed E-state index contributed by atoms with van der Waals surface area (Å²) >= 11 is 6.01. The average molecular weight is 323 g/mol. The standard InChI is InChI=1S/C20H19ClN2/c1-2-3-12-22-18-6-4-5-7-19(18)23-14-16(13-20(22)23)15-8-10-17(21)11-9-15/h4-11,13-14H,2-3,12H2,1H3. The normalized spacial score (nSPS) is 11.6. The second-order valence-corrected chi connectivity index (χ2v) is 6.39. The van der Waals surface area contributed by atoms with E-state index in [2.05, 4.69) is 64.6 Å². The van der Waals surface area contributed by atoms with Gasteiger partial charge in [-0.2, -0.15) is 0 Å². The highest BCUT2D eigenvalue weighted by Crippen LogP contribution is 2.29. The number of nitrogens with zero attached hydrogens (tertiary/aromatic N) is 2. The number of fused-ring (bicyclic) bond motifs is 3. The van der Waals surface area contributed by atoms with Crippen LogP contribution in [0.1, 0.15) is 19.8 Å². The average Bonchev–Trinajstić information content (AvgIpc) is 3.12. The summed E-state index contributed by atoms with van der Waals surface area (Å²) in [5.41, 5.74) is 6.25. The van der Waals surface area contributed by atoms with Crippen LogP contribution in [0, 0.1) is 0 Å². The summed E-state index contributed by atoms with van der Waals surface area (Å²) in [5, 5.41) is 0.774. The maximum absolute atomic E-state index is 6.01. The number of para-hydroxylation sites is 2. The van der Waals surface area contributed by atoms with Crippen molar-refractivity contribution in [1.82, 2.24) is 8.97 Å². The lowest BCUT2D eigenvalue weighted by atomic mass is 10.1. The molecule has 0 atom stereocenters. The van der Waals surface area contributed by atoms with Gasteiger partial charge >= 0.3 is 0 Å². The van der Waals surface area contributed by atoms with Crippen molar-refractivity contribution in [1.29, 1.82) is 0 Å². The number of imidazole rings is 1. The Labute approximate surface area is 140 Å². The largest absolute Gasteiger partial charge is 0.326 e. The molecule has 23 heavy (non-hydrogen) atoms. The molecule has 0 saturated heterocycles. The fourth-order valence-electron chi connectivity index (χ4n) is 3.22. The fraction of sp³-hybridized carbons (Fsp3) is 0.200. The first kappa shape index (κ1) is 14.4. The molecule has 0 bridgehead atoms. The second-order valence-electron chi connectivity index (χ2n) is 5.96. The van der Waals surface area contributed by atoms with E-state index < -0.39 is 0 Å². The molecule has 4 aromatic rings. The molecule has 2 heterocycles. The predicted octanol–water partition coefficient (Wildman–Crippen LogP) is 6.01. The van der Waals surface area contributed by atoms with Gasteiger partial charge in [0.2, 0.25) is 0 Å². The minimum Gasteiger partial charge on any atom is -0.326 e. The first-order valence-corrected chi connectivity index (χ1v) is 8.51. The number of unbranched alkanes of at least 4 members (excludes halogenated alkanes) is 1. The van der Waals surface area contributed by atoms with Crippen molar-refractivity contribution in [2.45, 2.75) is 26.3 Å². The van der Waals surface area contributed by atoms with Crippen molar-refractivity contribution in [2.24, 2.45) is 0 Å². The number of hydrogen-bond acceptors (Lipinski definition) is 0. The summed E-state index contributed by atoms with van der Waals surface area (Å²) < 4.78 is 4.73. The van der Waals surface area contributed by atoms with Gasteiger partial charge in [-0.3, -0.25) is 0 Å². The van der Waals surface area contributed by atoms with Crippen molar-refractivity contribution in [2.75, 3.05) is 0 Å². The molecule has 4 rings (SSSR count). The molecule has 0 spiro atoms. The lowest BCUT2D eigenvalue weighted by molar-refractivity contribution is 0.661. The highest BCUT2D eigenvalue weighted by Gasteiger charge is 2.12. The van der Waals surface area contributed by atoms with Crippen LogP contribution in [0.4, 0.5) is 0 Å². The first-order valence-electron chi connectivity index (χ1n) is 8.13. The van der Waals surface area contributed by atoms with Crippen LogP contribution in [0.2, 0.25) is 5.02 Å². The highest BCUT2D eigenvalue weighted by atomic mass is 35.5. The quantitative estimate of drug-likeness (QED) is 0.435. The smallest absolute Gasteiger partial charge is 0.118 e. The van der Waals surface area contributed by atoms with Gasteiger partial charge in [0, 0.05) is 23.3 Å². The zero-order valence-corrected chi connectivity index (χ0v) is 13.9. The Morgan fingerprint density at radius 1 is 0.913 bits per heavy atom. The second kappa shape index (κ2) is 5.78. The topological polar surface area (TPSA) is 9.34 Å². The minimum atomic E-state index is 0.774. The fourth-order valence-corrected chi connectivity index (χ4v) is 3.35. The predicted molar refractivity (Wildman–Crippen MR) is 98.2 cm³/mol. The van der Waals surface area contributed by atoms with Gasteiger partial charge in [-0.25, -0.2) is 0 Å². The van der Waals surface area contributed by atoms with E-state index in [1.54, 1.807) is 0 Å². The summed E-state index contributed by atoms with van der Waals surface area (Å²) in [6.45, 7) is 3.29. The third kappa shape index (κ3) is 2.43. The van der Waals surface area contributed by atoms with Gasteiger partial charge in [-0.05, 0) is 42.3 Å². The number of rotatable bonds is 4. The van der Waals surface area contributed by atoms with Gasteiger partial charge in [0.25, 0.3) is 0 Å². The van der Waals surface area contributed by atoms with Crippen LogP contribution >= 0.6 is 11.6 Å². The highest BCUT2D eigenvalue weighted by molar-refractivity contribution is 6.30. The number of halogens is 1. The van der Waals surface area contributed by atoms with Crippen molar-refractivity contribution >= 4 is 28.3 Å². The van der Waals surface area contributed by atoms with Crippen LogP contribution in [0.5, 0.6) is 0 Å². The van der Waals surface area contributed by atoms with Crippen LogP contribution in [0.15, 0.2) is 60.8 Å². The summed E-state index contributed by atoms with van der Waals surface area (Å²) in [6.07, 6.45) is 4.61. The molecule has 2 nitrogen and oxygen atoms in total. The molecule has 0 aliphatic carbocycles. The zero-order chi connectivity index (χ0) is 15.8. The Bertz CT molecular complexity index is 961. The van der Waals surface area contributed by atoms with Crippen molar-refractivity contribution in [3.63, 3.8) is 0 Å². The zero-order valence-electron chi connectivity index (χ0n) is 13.2. The Morgan fingerprint density at radius 3 is 2.39 bits per heavy atom. The summed E-state index contributed by atoms with van der Waals surface area (Å²) in [7, 11) is 0. The van der Waals surface area contributed by atoms with Crippen molar-refractivity contribution in [3.05, 3.63) is 65.8 Å². The molecular weight excluding hydrogens is 304 g/mol. The van der Waals surface area contributed by atoms with E-state index in [0.29, 0.717) is 0 Å². The van der Waals surface area contributed by atoms with Gasteiger partial charge in [-0.15, -0.1) is 0 Å². The number of benzene rings is 2. The van der Waals surface area contributed by atoms with Crippen LogP contribution in [-0.2, 0) is 6.54 Å². The summed E-state index contributed by atoms with van der Waals surface area (Å²) in [6, 6.07) is 18.9. The molecule has 0 saturated carbocycles. The van der Waals surface area contributed by atoms with Gasteiger partial charge in [-0.1, -0.05) is 49.2 Å². The molecule has 0 N–H and O–H groups in total. The van der Waals surface area contributed by atoms with Gasteiger partial charge in [0.15, 0.2) is 0 Å². The SMILES string of the molecule is CCCCn1c2ccccc2n2cc(-c3ccc(Cl)cc3)cc12. The van der Waals surface area contributed by atoms with Crippen molar-refractivity contribution in [3.8, 4) is 11.1 Å². The maximum atomic E-state index is 6.01. The van der Waals surface area contributed by atoms with Gasteiger partial charge < -0.3 is 8.97 Å². The molecule has 0 amide bonds. The summed E-state index contributed by atoms with van der Waals surface area (Å²) in [4.78, 5) is 0. The Morgan fingerprint density at radius 2 is 1.65 bits per heavy atom. The molecule has 0 radical (unpaired) electrons. The molecule has 0 aliphatic rings. The van der Waals surface area contributed by atoms with E-state index in [0.717, 1.165) is 11.6 Å². The number of aryl methyl sites for hydroxylation is 1. The monoisotopic (exact) mass is 322 g/mol. The van der Waals surface area contributed by atoms with Crippen molar-refractivity contribution < 1.29 is 0 Å². The van der Waals surface area contributed by atoms with E-state index in [4.69, 9.17) is 11.6 Å². The molecular formula is C20H19ClN2. The first-order chi connectivity index (χ1) is 11.3. The number of aromatic nitrogens is 2. The Hall–Kier alpha value is -2.19. The van der Waals surface area contributed by atoms with Crippen LogP contribution < -0.4 is 0 Å². The van der Waals surface area contributed by atoms with E-state index in [-0.39, 0.29) is 0 Å². The van der Waals surface area contributed by atoms with Crippen LogP contribution in [0.25, 0.3) is 27.8 Å². The Balaban J connectivity index is 1.92. The molecule has 2 aromatic heterocycles. The van der Waals surface area contributed by atoms with E-state index in [9.17, 15) is 0 Å². The van der Waals surface area contributed by atoms with E-state index in [1.165, 1.54) is 40.6 Å². The van der Waals surface area contributed by atoms with Gasteiger partial charge in [0.1, 0.15) is 5.65 Å². The maximum Gasteiger partial charge on any atom is 0.118 e. The third-order valence-electron chi connectivity index (χ3n) is 4.42. The molecule has 3 heteroatoms. The van der Waals surface area contributed by atoms with E-state index in [1.807, 2.05) is 12.1 Å². The lowest BCUT2D eigenvalue weighted by Gasteiger charge is -2.04. The molecule has 0 unspecified atom stereocenters. The molecule has 116 valence electrons. The molecule has 0 aliphatic heterocycles. The van der Waals surface area contributed by atoms with E-state index >= 15 is 0 Å².